The lowest BCUT2D eigenvalue weighted by Crippen LogP contribution is -2.33. The second kappa shape index (κ2) is 5.75. The molecule has 2 unspecified atom stereocenters. The summed E-state index contributed by atoms with van der Waals surface area (Å²) in [5, 5.41) is 11.3. The number of rotatable bonds is 4. The Morgan fingerprint density at radius 1 is 1.53 bits per heavy atom. The predicted octanol–water partition coefficient (Wildman–Crippen LogP) is 0.583. The van der Waals surface area contributed by atoms with E-state index in [2.05, 4.69) is 10.3 Å². The SMILES string of the molecule is O=C(NCC1CCC(C(=O)O)O1)c1ccnc(F)c1. The number of carbonyl (C=O) groups is 2. The second-order valence-corrected chi connectivity index (χ2v) is 4.24. The van der Waals surface area contributed by atoms with Gasteiger partial charge in [-0.15, -0.1) is 0 Å². The van der Waals surface area contributed by atoms with Crippen molar-refractivity contribution in [2.45, 2.75) is 25.0 Å². The third-order valence-electron chi connectivity index (χ3n) is 2.86. The molecule has 1 amide bonds. The smallest absolute Gasteiger partial charge is 0.332 e. The first kappa shape index (κ1) is 13.4. The van der Waals surface area contributed by atoms with Crippen molar-refractivity contribution >= 4 is 11.9 Å². The van der Waals surface area contributed by atoms with Crippen molar-refractivity contribution < 1.29 is 23.8 Å². The van der Waals surface area contributed by atoms with Crippen molar-refractivity contribution in [3.05, 3.63) is 29.8 Å². The van der Waals surface area contributed by atoms with Crippen molar-refractivity contribution in [1.82, 2.24) is 10.3 Å². The predicted molar refractivity (Wildman–Crippen MR) is 62.1 cm³/mol. The summed E-state index contributed by atoms with van der Waals surface area (Å²) in [6.45, 7) is 0.201. The molecule has 0 aromatic carbocycles. The molecule has 1 saturated heterocycles. The van der Waals surface area contributed by atoms with Crippen molar-refractivity contribution in [2.75, 3.05) is 6.54 Å². The molecule has 19 heavy (non-hydrogen) atoms. The van der Waals surface area contributed by atoms with E-state index in [-0.39, 0.29) is 18.2 Å². The number of hydrogen-bond acceptors (Lipinski definition) is 4. The van der Waals surface area contributed by atoms with E-state index in [9.17, 15) is 14.0 Å². The summed E-state index contributed by atoms with van der Waals surface area (Å²) in [6, 6.07) is 2.43. The molecule has 102 valence electrons. The number of hydrogen-bond donors (Lipinski definition) is 2. The number of ether oxygens (including phenoxy) is 1. The van der Waals surface area contributed by atoms with Crippen LogP contribution in [0.25, 0.3) is 0 Å². The summed E-state index contributed by atoms with van der Waals surface area (Å²) in [5.74, 6) is -2.16. The Morgan fingerprint density at radius 3 is 2.95 bits per heavy atom. The number of pyridine rings is 1. The maximum Gasteiger partial charge on any atom is 0.332 e. The summed E-state index contributed by atoms with van der Waals surface area (Å²) in [4.78, 5) is 25.7. The lowest BCUT2D eigenvalue weighted by atomic mass is 10.2. The highest BCUT2D eigenvalue weighted by atomic mass is 19.1. The summed E-state index contributed by atoms with van der Waals surface area (Å²) < 4.78 is 18.1. The van der Waals surface area contributed by atoms with Gasteiger partial charge in [0.2, 0.25) is 5.95 Å². The Balaban J connectivity index is 1.83. The number of amides is 1. The zero-order chi connectivity index (χ0) is 13.8. The van der Waals surface area contributed by atoms with Gasteiger partial charge in [0, 0.05) is 24.4 Å². The molecule has 7 heteroatoms. The molecular weight excluding hydrogens is 255 g/mol. The zero-order valence-electron chi connectivity index (χ0n) is 10.0. The number of nitrogens with zero attached hydrogens (tertiary/aromatic N) is 1. The molecule has 6 nitrogen and oxygen atoms in total. The average molecular weight is 268 g/mol. The van der Waals surface area contributed by atoms with Crippen LogP contribution in [0.4, 0.5) is 4.39 Å². The van der Waals surface area contributed by atoms with Gasteiger partial charge in [-0.1, -0.05) is 0 Å². The largest absolute Gasteiger partial charge is 0.479 e. The molecule has 2 heterocycles. The Labute approximate surface area is 108 Å². The number of aromatic nitrogens is 1. The molecule has 2 atom stereocenters. The fourth-order valence-electron chi connectivity index (χ4n) is 1.89. The van der Waals surface area contributed by atoms with Gasteiger partial charge in [0.15, 0.2) is 6.10 Å². The molecule has 2 N–H and O–H groups in total. The van der Waals surface area contributed by atoms with E-state index >= 15 is 0 Å². The van der Waals surface area contributed by atoms with Gasteiger partial charge in [-0.25, -0.2) is 9.78 Å². The molecule has 0 aliphatic carbocycles. The van der Waals surface area contributed by atoms with E-state index in [1.165, 1.54) is 12.3 Å². The number of halogens is 1. The Bertz CT molecular complexity index is 494. The van der Waals surface area contributed by atoms with E-state index < -0.39 is 23.9 Å². The fraction of sp³-hybridized carbons (Fsp3) is 0.417. The first-order valence-corrected chi connectivity index (χ1v) is 5.84. The molecule has 1 aromatic rings. The number of nitrogens with one attached hydrogen (secondary N) is 1. The molecule has 1 aliphatic heterocycles. The first-order valence-electron chi connectivity index (χ1n) is 5.84. The molecule has 2 rings (SSSR count). The summed E-state index contributed by atoms with van der Waals surface area (Å²) in [7, 11) is 0. The van der Waals surface area contributed by atoms with E-state index in [0.717, 1.165) is 6.07 Å². The van der Waals surface area contributed by atoms with Gasteiger partial charge in [-0.2, -0.15) is 4.39 Å². The van der Waals surface area contributed by atoms with Crippen molar-refractivity contribution in [3.8, 4) is 0 Å². The van der Waals surface area contributed by atoms with Gasteiger partial charge < -0.3 is 15.2 Å². The topological polar surface area (TPSA) is 88.5 Å². The maximum atomic E-state index is 12.8. The summed E-state index contributed by atoms with van der Waals surface area (Å²) in [5.41, 5.74) is 0.167. The molecule has 1 aromatic heterocycles. The van der Waals surface area contributed by atoms with E-state index in [4.69, 9.17) is 9.84 Å². The van der Waals surface area contributed by atoms with Crippen LogP contribution >= 0.6 is 0 Å². The lowest BCUT2D eigenvalue weighted by Gasteiger charge is -2.12. The van der Waals surface area contributed by atoms with Crippen molar-refractivity contribution in [3.63, 3.8) is 0 Å². The maximum absolute atomic E-state index is 12.8. The Morgan fingerprint density at radius 2 is 2.32 bits per heavy atom. The highest BCUT2D eigenvalue weighted by molar-refractivity contribution is 5.94. The van der Waals surface area contributed by atoms with Crippen LogP contribution in [-0.2, 0) is 9.53 Å². The van der Waals surface area contributed by atoms with E-state index in [1.54, 1.807) is 0 Å². The number of carboxylic acid groups (broad SMARTS) is 1. The molecule has 1 fully saturated rings. The Hall–Kier alpha value is -2.02. The summed E-state index contributed by atoms with van der Waals surface area (Å²) in [6.07, 6.45) is 1.08. The fourth-order valence-corrected chi connectivity index (χ4v) is 1.89. The molecule has 0 radical (unpaired) electrons. The molecular formula is C12H13FN2O4. The van der Waals surface area contributed by atoms with Gasteiger partial charge in [0.25, 0.3) is 5.91 Å². The lowest BCUT2D eigenvalue weighted by molar-refractivity contribution is -0.149. The second-order valence-electron chi connectivity index (χ2n) is 4.24. The summed E-state index contributed by atoms with van der Waals surface area (Å²) >= 11 is 0. The van der Waals surface area contributed by atoms with Gasteiger partial charge in [0.05, 0.1) is 6.10 Å². The third-order valence-corrected chi connectivity index (χ3v) is 2.86. The number of carboxylic acids is 1. The first-order chi connectivity index (χ1) is 9.06. The normalized spacial score (nSPS) is 22.2. The minimum Gasteiger partial charge on any atom is -0.479 e. The van der Waals surface area contributed by atoms with Crippen LogP contribution in [0, 0.1) is 5.95 Å². The van der Waals surface area contributed by atoms with Crippen LogP contribution in [0.1, 0.15) is 23.2 Å². The highest BCUT2D eigenvalue weighted by Crippen LogP contribution is 2.19. The highest BCUT2D eigenvalue weighted by Gasteiger charge is 2.30. The Kier molecular flexibility index (Phi) is 4.06. The number of carbonyl (C=O) groups excluding carboxylic acids is 1. The van der Waals surface area contributed by atoms with Crippen LogP contribution in [-0.4, -0.2) is 40.7 Å². The van der Waals surface area contributed by atoms with Crippen LogP contribution < -0.4 is 5.32 Å². The van der Waals surface area contributed by atoms with Crippen molar-refractivity contribution in [1.29, 1.82) is 0 Å². The van der Waals surface area contributed by atoms with Crippen molar-refractivity contribution in [2.24, 2.45) is 0 Å². The van der Waals surface area contributed by atoms with Crippen LogP contribution in [0.5, 0.6) is 0 Å². The number of aliphatic carboxylic acids is 1. The third kappa shape index (κ3) is 3.47. The zero-order valence-corrected chi connectivity index (χ0v) is 10.0. The van der Waals surface area contributed by atoms with Crippen LogP contribution in [0.2, 0.25) is 0 Å². The molecule has 0 spiro atoms. The van der Waals surface area contributed by atoms with Crippen LogP contribution in [0.3, 0.4) is 0 Å². The molecule has 0 saturated carbocycles. The molecule has 0 bridgehead atoms. The average Bonchev–Trinajstić information content (AvgIpc) is 2.85. The minimum absolute atomic E-state index is 0.167. The quantitative estimate of drug-likeness (QED) is 0.780. The monoisotopic (exact) mass is 268 g/mol. The van der Waals surface area contributed by atoms with E-state index in [0.29, 0.717) is 12.8 Å². The van der Waals surface area contributed by atoms with Gasteiger partial charge in [-0.3, -0.25) is 4.79 Å². The van der Waals surface area contributed by atoms with Gasteiger partial charge in [-0.05, 0) is 18.9 Å². The van der Waals surface area contributed by atoms with Gasteiger partial charge in [0.1, 0.15) is 0 Å². The van der Waals surface area contributed by atoms with Gasteiger partial charge >= 0.3 is 5.97 Å². The van der Waals surface area contributed by atoms with E-state index in [1.807, 2.05) is 0 Å². The standard InChI is InChI=1S/C12H13FN2O4/c13-10-5-7(3-4-14-10)11(16)15-6-8-1-2-9(19-8)12(17)18/h3-5,8-9H,1-2,6H2,(H,15,16)(H,17,18). The molecule has 1 aliphatic rings. The minimum atomic E-state index is -0.995. The van der Waals surface area contributed by atoms with Crippen LogP contribution in [0.15, 0.2) is 18.3 Å².